The van der Waals surface area contributed by atoms with Crippen molar-refractivity contribution in [3.63, 3.8) is 0 Å². The van der Waals surface area contributed by atoms with Crippen LogP contribution in [-0.2, 0) is 9.47 Å². The van der Waals surface area contributed by atoms with Crippen LogP contribution in [0.4, 0.5) is 4.79 Å². The maximum Gasteiger partial charge on any atom is 0.410 e. The normalized spacial score (nSPS) is 19.5. The molecule has 1 rings (SSSR count). The predicted octanol–water partition coefficient (Wildman–Crippen LogP) is 1.94. The molecule has 136 valence electrons. The number of carbonyl (C=O) groups is 1. The number of hydrogen-bond acceptors (Lipinski definition) is 5. The van der Waals surface area contributed by atoms with E-state index in [9.17, 15) is 4.79 Å². The van der Waals surface area contributed by atoms with Gasteiger partial charge in [0, 0.05) is 39.3 Å². The second kappa shape index (κ2) is 9.45. The average molecular weight is 329 g/mol. The van der Waals surface area contributed by atoms with Gasteiger partial charge in [0.1, 0.15) is 5.60 Å². The molecule has 6 heteroatoms. The van der Waals surface area contributed by atoms with Crippen LogP contribution in [0.2, 0.25) is 0 Å². The van der Waals surface area contributed by atoms with Crippen LogP contribution in [0.3, 0.4) is 0 Å². The SMILES string of the molecule is COC(C)C(C)NCCCN1CCN(C(=O)OC(C)(C)C)CC1. The summed E-state index contributed by atoms with van der Waals surface area (Å²) >= 11 is 0. The number of rotatable bonds is 7. The van der Waals surface area contributed by atoms with E-state index in [2.05, 4.69) is 24.1 Å². The minimum atomic E-state index is -0.421. The molecule has 2 atom stereocenters. The lowest BCUT2D eigenvalue weighted by Gasteiger charge is -2.35. The molecule has 1 heterocycles. The highest BCUT2D eigenvalue weighted by molar-refractivity contribution is 5.68. The highest BCUT2D eigenvalue weighted by atomic mass is 16.6. The quantitative estimate of drug-likeness (QED) is 0.724. The topological polar surface area (TPSA) is 54.0 Å². The molecule has 1 aliphatic heterocycles. The summed E-state index contributed by atoms with van der Waals surface area (Å²) in [6, 6.07) is 0.365. The third-order valence-electron chi connectivity index (χ3n) is 4.22. The molecule has 1 saturated heterocycles. The van der Waals surface area contributed by atoms with E-state index in [0.29, 0.717) is 6.04 Å². The molecule has 0 radical (unpaired) electrons. The monoisotopic (exact) mass is 329 g/mol. The van der Waals surface area contributed by atoms with Crippen LogP contribution < -0.4 is 5.32 Å². The molecule has 2 unspecified atom stereocenters. The lowest BCUT2D eigenvalue weighted by Crippen LogP contribution is -2.50. The van der Waals surface area contributed by atoms with Crippen molar-refractivity contribution in [2.75, 3.05) is 46.4 Å². The second-order valence-electron chi connectivity index (χ2n) is 7.35. The zero-order valence-electron chi connectivity index (χ0n) is 15.7. The fourth-order valence-corrected chi connectivity index (χ4v) is 2.48. The lowest BCUT2D eigenvalue weighted by molar-refractivity contribution is 0.0144. The summed E-state index contributed by atoms with van der Waals surface area (Å²) in [5, 5.41) is 3.49. The van der Waals surface area contributed by atoms with Gasteiger partial charge < -0.3 is 19.7 Å². The van der Waals surface area contributed by atoms with Crippen molar-refractivity contribution >= 4 is 6.09 Å². The minimum absolute atomic E-state index is 0.193. The van der Waals surface area contributed by atoms with Crippen LogP contribution in [-0.4, -0.2) is 80.0 Å². The molecule has 0 bridgehead atoms. The van der Waals surface area contributed by atoms with E-state index in [4.69, 9.17) is 9.47 Å². The van der Waals surface area contributed by atoms with Gasteiger partial charge in [0.25, 0.3) is 0 Å². The Bertz CT molecular complexity index is 349. The number of ether oxygens (including phenoxy) is 2. The number of amides is 1. The molecular weight excluding hydrogens is 294 g/mol. The first kappa shape index (κ1) is 20.2. The number of nitrogens with zero attached hydrogens (tertiary/aromatic N) is 2. The van der Waals surface area contributed by atoms with Crippen LogP contribution in [0.5, 0.6) is 0 Å². The molecule has 0 aromatic rings. The highest BCUT2D eigenvalue weighted by Gasteiger charge is 2.25. The minimum Gasteiger partial charge on any atom is -0.444 e. The first-order valence-electron chi connectivity index (χ1n) is 8.69. The summed E-state index contributed by atoms with van der Waals surface area (Å²) < 4.78 is 10.7. The molecule has 6 nitrogen and oxygen atoms in total. The van der Waals surface area contributed by atoms with E-state index in [-0.39, 0.29) is 12.2 Å². The molecular formula is C17H35N3O3. The summed E-state index contributed by atoms with van der Waals surface area (Å²) in [7, 11) is 1.74. The summed E-state index contributed by atoms with van der Waals surface area (Å²) in [6.07, 6.45) is 1.14. The molecule has 23 heavy (non-hydrogen) atoms. The number of piperazine rings is 1. The van der Waals surface area contributed by atoms with Crippen molar-refractivity contribution in [1.29, 1.82) is 0 Å². The summed E-state index contributed by atoms with van der Waals surface area (Å²) in [5.41, 5.74) is -0.421. The van der Waals surface area contributed by atoms with Crippen molar-refractivity contribution in [2.24, 2.45) is 0 Å². The summed E-state index contributed by atoms with van der Waals surface area (Å²) in [6.45, 7) is 15.3. The van der Waals surface area contributed by atoms with Gasteiger partial charge in [-0.25, -0.2) is 4.79 Å². The average Bonchev–Trinajstić information content (AvgIpc) is 2.49. The smallest absolute Gasteiger partial charge is 0.410 e. The van der Waals surface area contributed by atoms with Crippen molar-refractivity contribution < 1.29 is 14.3 Å². The van der Waals surface area contributed by atoms with Crippen molar-refractivity contribution in [3.05, 3.63) is 0 Å². The zero-order valence-corrected chi connectivity index (χ0v) is 15.7. The Morgan fingerprint density at radius 2 is 1.78 bits per heavy atom. The lowest BCUT2D eigenvalue weighted by atomic mass is 10.2. The molecule has 1 aliphatic rings. The van der Waals surface area contributed by atoms with Crippen LogP contribution in [0, 0.1) is 0 Å². The molecule has 0 saturated carbocycles. The van der Waals surface area contributed by atoms with Crippen LogP contribution in [0.15, 0.2) is 0 Å². The van der Waals surface area contributed by atoms with Crippen molar-refractivity contribution in [3.8, 4) is 0 Å². The Hall–Kier alpha value is -0.850. The number of methoxy groups -OCH3 is 1. The standard InChI is InChI=1S/C17H35N3O3/c1-14(15(2)22-6)18-8-7-9-19-10-12-20(13-11-19)16(21)23-17(3,4)5/h14-15,18H,7-13H2,1-6H3. The van der Waals surface area contributed by atoms with Crippen molar-refractivity contribution in [2.45, 2.75) is 58.8 Å². The highest BCUT2D eigenvalue weighted by Crippen LogP contribution is 2.11. The third kappa shape index (κ3) is 7.99. The molecule has 1 amide bonds. The maximum absolute atomic E-state index is 12.0. The van der Waals surface area contributed by atoms with E-state index in [1.165, 1.54) is 0 Å². The van der Waals surface area contributed by atoms with Gasteiger partial charge in [0.15, 0.2) is 0 Å². The molecule has 0 aromatic carbocycles. The first-order chi connectivity index (χ1) is 10.7. The van der Waals surface area contributed by atoms with Gasteiger partial charge in [-0.15, -0.1) is 0 Å². The summed E-state index contributed by atoms with van der Waals surface area (Å²) in [4.78, 5) is 16.2. The zero-order chi connectivity index (χ0) is 17.5. The van der Waals surface area contributed by atoms with Gasteiger partial charge in [-0.2, -0.15) is 0 Å². The van der Waals surface area contributed by atoms with Crippen LogP contribution in [0.25, 0.3) is 0 Å². The molecule has 0 spiro atoms. The predicted molar refractivity (Wildman–Crippen MR) is 92.8 cm³/mol. The Labute approximate surface area is 141 Å². The number of hydrogen-bond donors (Lipinski definition) is 1. The Balaban J connectivity index is 2.16. The van der Waals surface area contributed by atoms with E-state index in [0.717, 1.165) is 45.7 Å². The Kier molecular flexibility index (Phi) is 8.29. The molecule has 1 N–H and O–H groups in total. The van der Waals surface area contributed by atoms with Crippen LogP contribution in [0.1, 0.15) is 41.0 Å². The van der Waals surface area contributed by atoms with Gasteiger partial charge in [-0.1, -0.05) is 0 Å². The fraction of sp³-hybridized carbons (Fsp3) is 0.941. The Morgan fingerprint density at radius 1 is 1.17 bits per heavy atom. The van der Waals surface area contributed by atoms with E-state index in [1.54, 1.807) is 7.11 Å². The maximum atomic E-state index is 12.0. The van der Waals surface area contributed by atoms with Gasteiger partial charge in [-0.05, 0) is 54.1 Å². The van der Waals surface area contributed by atoms with Crippen molar-refractivity contribution in [1.82, 2.24) is 15.1 Å². The van der Waals surface area contributed by atoms with Gasteiger partial charge in [0.05, 0.1) is 6.10 Å². The third-order valence-corrected chi connectivity index (χ3v) is 4.22. The van der Waals surface area contributed by atoms with Gasteiger partial charge in [-0.3, -0.25) is 4.90 Å². The Morgan fingerprint density at radius 3 is 2.30 bits per heavy atom. The van der Waals surface area contributed by atoms with Crippen LogP contribution >= 0.6 is 0 Å². The molecule has 1 fully saturated rings. The number of nitrogens with one attached hydrogen (secondary N) is 1. The molecule has 0 aliphatic carbocycles. The fourth-order valence-electron chi connectivity index (χ4n) is 2.48. The van der Waals surface area contributed by atoms with E-state index >= 15 is 0 Å². The van der Waals surface area contributed by atoms with E-state index in [1.807, 2.05) is 25.7 Å². The van der Waals surface area contributed by atoms with Gasteiger partial charge >= 0.3 is 6.09 Å². The van der Waals surface area contributed by atoms with E-state index < -0.39 is 5.60 Å². The second-order valence-corrected chi connectivity index (χ2v) is 7.35. The number of carbonyl (C=O) groups excluding carboxylic acids is 1. The first-order valence-corrected chi connectivity index (χ1v) is 8.69. The van der Waals surface area contributed by atoms with Gasteiger partial charge in [0.2, 0.25) is 0 Å². The largest absolute Gasteiger partial charge is 0.444 e. The molecule has 0 aromatic heterocycles. The summed E-state index contributed by atoms with van der Waals surface area (Å²) in [5.74, 6) is 0.